The normalized spacial score (nSPS) is 25.0. The number of hydrogen-bond acceptors (Lipinski definition) is 4. The van der Waals surface area contributed by atoms with Crippen LogP contribution in [0.3, 0.4) is 0 Å². The van der Waals surface area contributed by atoms with E-state index < -0.39 is 6.10 Å². The molecule has 2 aromatic rings. The van der Waals surface area contributed by atoms with E-state index in [-0.39, 0.29) is 18.1 Å². The number of rotatable bonds is 2. The number of hydrogen-bond donors (Lipinski definition) is 3. The Balaban J connectivity index is 1.39. The Morgan fingerprint density at radius 2 is 2.17 bits per heavy atom. The molecule has 1 aliphatic heterocycles. The standard InChI is InChI=1S/C17H21N5O2/c1-10-18-15-7-6-12(9-22(15)21-10)19-17(24)20-16-13-5-3-2-4-11(13)8-14(16)23/h2-5,12,14,16,23H,6-9H2,1H3,(H2,19,20,24)/t12?,14-,16+/m0/s1. The van der Waals surface area contributed by atoms with Gasteiger partial charge in [-0.3, -0.25) is 0 Å². The highest BCUT2D eigenvalue weighted by Crippen LogP contribution is 2.31. The van der Waals surface area contributed by atoms with E-state index in [0.717, 1.165) is 35.6 Å². The Morgan fingerprint density at radius 1 is 1.33 bits per heavy atom. The van der Waals surface area contributed by atoms with E-state index in [1.165, 1.54) is 0 Å². The second-order valence-corrected chi connectivity index (χ2v) is 6.56. The maximum atomic E-state index is 12.4. The molecule has 7 heteroatoms. The van der Waals surface area contributed by atoms with Crippen LogP contribution >= 0.6 is 0 Å². The van der Waals surface area contributed by atoms with Crippen LogP contribution in [-0.2, 0) is 19.4 Å². The number of carbonyl (C=O) groups is 1. The van der Waals surface area contributed by atoms with Crippen LogP contribution in [0.2, 0.25) is 0 Å². The lowest BCUT2D eigenvalue weighted by atomic mass is 10.1. The van der Waals surface area contributed by atoms with Crippen molar-refractivity contribution in [1.82, 2.24) is 25.4 Å². The lowest BCUT2D eigenvalue weighted by molar-refractivity contribution is 0.141. The minimum Gasteiger partial charge on any atom is -0.390 e. The molecule has 2 aliphatic rings. The van der Waals surface area contributed by atoms with Crippen molar-refractivity contribution in [2.75, 3.05) is 0 Å². The van der Waals surface area contributed by atoms with Gasteiger partial charge in [-0.2, -0.15) is 5.10 Å². The summed E-state index contributed by atoms with van der Waals surface area (Å²) < 4.78 is 1.86. The molecule has 0 saturated carbocycles. The first-order chi connectivity index (χ1) is 11.6. The highest BCUT2D eigenvalue weighted by molar-refractivity contribution is 5.75. The summed E-state index contributed by atoms with van der Waals surface area (Å²) in [6.07, 6.45) is 1.64. The summed E-state index contributed by atoms with van der Waals surface area (Å²) in [7, 11) is 0. The third-order valence-electron chi connectivity index (χ3n) is 4.79. The first-order valence-corrected chi connectivity index (χ1v) is 8.33. The molecule has 0 saturated heterocycles. The Hall–Kier alpha value is -2.41. The van der Waals surface area contributed by atoms with Crippen LogP contribution in [0.1, 0.15) is 35.2 Å². The molecule has 1 aromatic carbocycles. The molecule has 2 heterocycles. The lowest BCUT2D eigenvalue weighted by Gasteiger charge is -2.25. The molecular weight excluding hydrogens is 306 g/mol. The van der Waals surface area contributed by atoms with Crippen LogP contribution in [0.4, 0.5) is 4.79 Å². The van der Waals surface area contributed by atoms with Crippen molar-refractivity contribution in [3.63, 3.8) is 0 Å². The second kappa shape index (κ2) is 5.90. The zero-order valence-corrected chi connectivity index (χ0v) is 13.6. The number of urea groups is 1. The highest BCUT2D eigenvalue weighted by Gasteiger charge is 2.32. The molecule has 1 aliphatic carbocycles. The van der Waals surface area contributed by atoms with Crippen LogP contribution in [0.25, 0.3) is 0 Å². The van der Waals surface area contributed by atoms with Gasteiger partial charge in [0.2, 0.25) is 0 Å². The number of amides is 2. The molecule has 0 bridgehead atoms. The van der Waals surface area contributed by atoms with E-state index in [9.17, 15) is 9.90 Å². The Kier molecular flexibility index (Phi) is 3.72. The average molecular weight is 327 g/mol. The minimum atomic E-state index is -0.580. The average Bonchev–Trinajstić information content (AvgIpc) is 3.06. The van der Waals surface area contributed by atoms with Gasteiger partial charge in [-0.1, -0.05) is 24.3 Å². The lowest BCUT2D eigenvalue weighted by Crippen LogP contribution is -2.48. The third kappa shape index (κ3) is 2.75. The van der Waals surface area contributed by atoms with Crippen molar-refractivity contribution in [2.24, 2.45) is 0 Å². The summed E-state index contributed by atoms with van der Waals surface area (Å²) in [5.41, 5.74) is 2.09. The predicted molar refractivity (Wildman–Crippen MR) is 87.4 cm³/mol. The first kappa shape index (κ1) is 15.1. The van der Waals surface area contributed by atoms with Crippen LogP contribution in [0.15, 0.2) is 24.3 Å². The topological polar surface area (TPSA) is 92.1 Å². The second-order valence-electron chi connectivity index (χ2n) is 6.56. The van der Waals surface area contributed by atoms with Crippen molar-refractivity contribution in [1.29, 1.82) is 0 Å². The van der Waals surface area contributed by atoms with E-state index in [1.807, 2.05) is 35.9 Å². The number of aromatic nitrogens is 3. The van der Waals surface area contributed by atoms with Gasteiger partial charge in [-0.15, -0.1) is 0 Å². The van der Waals surface area contributed by atoms with Gasteiger partial charge < -0.3 is 15.7 Å². The number of carbonyl (C=O) groups excluding carboxylic acids is 1. The molecule has 0 radical (unpaired) electrons. The molecule has 3 N–H and O–H groups in total. The van der Waals surface area contributed by atoms with Gasteiger partial charge in [-0.25, -0.2) is 14.5 Å². The molecule has 1 unspecified atom stereocenters. The Labute approximate surface area is 140 Å². The summed E-state index contributed by atoms with van der Waals surface area (Å²) >= 11 is 0. The number of aliphatic hydroxyl groups excluding tert-OH is 1. The fourth-order valence-electron chi connectivity index (χ4n) is 3.67. The maximum Gasteiger partial charge on any atom is 0.315 e. The summed E-state index contributed by atoms with van der Waals surface area (Å²) in [5.74, 6) is 1.74. The van der Waals surface area contributed by atoms with E-state index in [2.05, 4.69) is 20.7 Å². The van der Waals surface area contributed by atoms with Gasteiger partial charge in [0, 0.05) is 12.8 Å². The predicted octanol–water partition coefficient (Wildman–Crippen LogP) is 0.859. The van der Waals surface area contributed by atoms with Crippen LogP contribution in [0, 0.1) is 6.92 Å². The van der Waals surface area contributed by atoms with Crippen LogP contribution in [-0.4, -0.2) is 38.0 Å². The quantitative estimate of drug-likeness (QED) is 0.763. The minimum absolute atomic E-state index is 0.0207. The summed E-state index contributed by atoms with van der Waals surface area (Å²) in [6.45, 7) is 2.51. The number of benzene rings is 1. The first-order valence-electron chi connectivity index (χ1n) is 8.33. The van der Waals surface area contributed by atoms with Gasteiger partial charge in [0.1, 0.15) is 11.6 Å². The van der Waals surface area contributed by atoms with E-state index in [4.69, 9.17) is 0 Å². The van der Waals surface area contributed by atoms with E-state index >= 15 is 0 Å². The molecule has 7 nitrogen and oxygen atoms in total. The Bertz CT molecular complexity index is 772. The molecule has 4 rings (SSSR count). The van der Waals surface area contributed by atoms with Gasteiger partial charge in [0.05, 0.1) is 24.7 Å². The van der Waals surface area contributed by atoms with Gasteiger partial charge in [-0.05, 0) is 24.5 Å². The number of fused-ring (bicyclic) bond motifs is 2. The van der Waals surface area contributed by atoms with Crippen molar-refractivity contribution < 1.29 is 9.90 Å². The molecule has 0 fully saturated rings. The van der Waals surface area contributed by atoms with Crippen LogP contribution in [0.5, 0.6) is 0 Å². The van der Waals surface area contributed by atoms with Crippen molar-refractivity contribution in [3.8, 4) is 0 Å². The van der Waals surface area contributed by atoms with Gasteiger partial charge in [0.15, 0.2) is 0 Å². The smallest absolute Gasteiger partial charge is 0.315 e. The van der Waals surface area contributed by atoms with Crippen molar-refractivity contribution >= 4 is 6.03 Å². The SMILES string of the molecule is Cc1nc2n(n1)CC(NC(=O)N[C@@H]1c3ccccc3C[C@@H]1O)CC2. The fourth-order valence-corrected chi connectivity index (χ4v) is 3.67. The maximum absolute atomic E-state index is 12.4. The monoisotopic (exact) mass is 327 g/mol. The molecular formula is C17H21N5O2. The summed E-state index contributed by atoms with van der Waals surface area (Å²) in [4.78, 5) is 16.7. The number of nitrogens with one attached hydrogen (secondary N) is 2. The summed E-state index contributed by atoms with van der Waals surface area (Å²) in [6, 6.07) is 7.25. The van der Waals surface area contributed by atoms with Crippen LogP contribution < -0.4 is 10.6 Å². The molecule has 126 valence electrons. The molecule has 3 atom stereocenters. The highest BCUT2D eigenvalue weighted by atomic mass is 16.3. The number of nitrogens with zero attached hydrogens (tertiary/aromatic N) is 3. The van der Waals surface area contributed by atoms with Gasteiger partial charge in [0.25, 0.3) is 0 Å². The summed E-state index contributed by atoms with van der Waals surface area (Å²) in [5, 5.41) is 20.5. The molecule has 24 heavy (non-hydrogen) atoms. The zero-order valence-electron chi connectivity index (χ0n) is 13.6. The zero-order chi connectivity index (χ0) is 16.7. The molecule has 2 amide bonds. The van der Waals surface area contributed by atoms with E-state index in [1.54, 1.807) is 0 Å². The largest absolute Gasteiger partial charge is 0.390 e. The molecule has 0 spiro atoms. The molecule has 1 aromatic heterocycles. The third-order valence-corrected chi connectivity index (χ3v) is 4.79. The van der Waals surface area contributed by atoms with Gasteiger partial charge >= 0.3 is 6.03 Å². The number of aryl methyl sites for hydroxylation is 2. The fraction of sp³-hybridized carbons (Fsp3) is 0.471. The van der Waals surface area contributed by atoms with Crippen molar-refractivity contribution in [3.05, 3.63) is 47.0 Å². The Morgan fingerprint density at radius 3 is 3.04 bits per heavy atom. The number of aliphatic hydroxyl groups is 1. The van der Waals surface area contributed by atoms with E-state index in [0.29, 0.717) is 13.0 Å². The van der Waals surface area contributed by atoms with Crippen molar-refractivity contribution in [2.45, 2.75) is 50.9 Å².